The lowest BCUT2D eigenvalue weighted by Gasteiger charge is -2.17. The Bertz CT molecular complexity index is 578. The summed E-state index contributed by atoms with van der Waals surface area (Å²) >= 11 is 0. The van der Waals surface area contributed by atoms with Crippen molar-refractivity contribution in [1.82, 2.24) is 4.90 Å². The molecule has 0 saturated carbocycles. The van der Waals surface area contributed by atoms with Crippen LogP contribution in [0.15, 0.2) is 18.2 Å². The van der Waals surface area contributed by atoms with Crippen LogP contribution in [0.1, 0.15) is 49.0 Å². The molecule has 5 heteroatoms. The summed E-state index contributed by atoms with van der Waals surface area (Å²) in [4.78, 5) is 26.2. The van der Waals surface area contributed by atoms with E-state index in [0.717, 1.165) is 31.5 Å². The van der Waals surface area contributed by atoms with Crippen LogP contribution in [0.25, 0.3) is 0 Å². The second kappa shape index (κ2) is 7.59. The summed E-state index contributed by atoms with van der Waals surface area (Å²) in [7, 11) is 0. The highest BCUT2D eigenvalue weighted by atomic mass is 16.3. The van der Waals surface area contributed by atoms with E-state index in [1.54, 1.807) is 12.1 Å². The standard InChI is InChI=1S/C18H26N2O3/c1-12(2)16(21)11-17(22)19-15-7-6-14(10-13(15)3)18(23)20-8-4-5-9-20/h6-7,10,12,16,21H,4-5,8-9,11H2,1-3H3,(H,19,22). The van der Waals surface area contributed by atoms with Gasteiger partial charge in [0.05, 0.1) is 12.5 Å². The molecule has 1 unspecified atom stereocenters. The quantitative estimate of drug-likeness (QED) is 0.876. The van der Waals surface area contributed by atoms with Crippen LogP contribution in [0.5, 0.6) is 0 Å². The number of rotatable bonds is 5. The van der Waals surface area contributed by atoms with Gasteiger partial charge in [-0.2, -0.15) is 0 Å². The molecule has 1 saturated heterocycles. The van der Waals surface area contributed by atoms with Gasteiger partial charge in [0, 0.05) is 24.3 Å². The van der Waals surface area contributed by atoms with E-state index >= 15 is 0 Å². The largest absolute Gasteiger partial charge is 0.392 e. The van der Waals surface area contributed by atoms with E-state index in [-0.39, 0.29) is 24.2 Å². The Balaban J connectivity index is 2.01. The maximum absolute atomic E-state index is 12.4. The zero-order chi connectivity index (χ0) is 17.0. The van der Waals surface area contributed by atoms with Crippen LogP contribution in [0.4, 0.5) is 5.69 Å². The molecule has 0 aliphatic carbocycles. The number of hydrogen-bond acceptors (Lipinski definition) is 3. The van der Waals surface area contributed by atoms with Crippen LogP contribution in [0, 0.1) is 12.8 Å². The minimum atomic E-state index is -0.647. The number of nitrogens with one attached hydrogen (secondary N) is 1. The molecule has 1 atom stereocenters. The molecule has 2 rings (SSSR count). The van der Waals surface area contributed by atoms with Crippen molar-refractivity contribution in [3.8, 4) is 0 Å². The summed E-state index contributed by atoms with van der Waals surface area (Å²) in [5, 5.41) is 12.6. The van der Waals surface area contributed by atoms with Gasteiger partial charge < -0.3 is 15.3 Å². The van der Waals surface area contributed by atoms with Gasteiger partial charge in [-0.05, 0) is 49.4 Å². The molecular weight excluding hydrogens is 292 g/mol. The summed E-state index contributed by atoms with van der Waals surface area (Å²) in [6.07, 6.45) is 1.56. The molecule has 1 heterocycles. The number of aliphatic hydroxyl groups excluding tert-OH is 1. The Morgan fingerprint density at radius 1 is 1.26 bits per heavy atom. The SMILES string of the molecule is Cc1cc(C(=O)N2CCCC2)ccc1NC(=O)CC(O)C(C)C. The number of hydrogen-bond donors (Lipinski definition) is 2. The van der Waals surface area contributed by atoms with Gasteiger partial charge >= 0.3 is 0 Å². The molecule has 0 radical (unpaired) electrons. The molecule has 2 N–H and O–H groups in total. The molecular formula is C18H26N2O3. The fraction of sp³-hybridized carbons (Fsp3) is 0.556. The van der Waals surface area contributed by atoms with E-state index < -0.39 is 6.10 Å². The zero-order valence-corrected chi connectivity index (χ0v) is 14.1. The minimum absolute atomic E-state index is 0.0438. The molecule has 0 spiro atoms. The number of benzene rings is 1. The molecule has 5 nitrogen and oxygen atoms in total. The predicted molar refractivity (Wildman–Crippen MR) is 90.4 cm³/mol. The average molecular weight is 318 g/mol. The van der Waals surface area contributed by atoms with Gasteiger partial charge in [0.2, 0.25) is 5.91 Å². The third kappa shape index (κ3) is 4.55. The Hall–Kier alpha value is -1.88. The fourth-order valence-corrected chi connectivity index (χ4v) is 2.67. The number of carbonyl (C=O) groups excluding carboxylic acids is 2. The molecule has 126 valence electrons. The van der Waals surface area contributed by atoms with E-state index in [2.05, 4.69) is 5.32 Å². The number of amides is 2. The lowest BCUT2D eigenvalue weighted by molar-refractivity contribution is -0.118. The van der Waals surface area contributed by atoms with Crippen LogP contribution in [0.3, 0.4) is 0 Å². The molecule has 1 fully saturated rings. The van der Waals surface area contributed by atoms with Gasteiger partial charge in [0.25, 0.3) is 5.91 Å². The van der Waals surface area contributed by atoms with E-state index in [1.165, 1.54) is 0 Å². The number of likely N-dealkylation sites (tertiary alicyclic amines) is 1. The van der Waals surface area contributed by atoms with E-state index in [1.807, 2.05) is 31.7 Å². The molecule has 1 aromatic carbocycles. The number of anilines is 1. The Morgan fingerprint density at radius 2 is 1.91 bits per heavy atom. The summed E-state index contributed by atoms with van der Waals surface area (Å²) in [6, 6.07) is 5.33. The maximum Gasteiger partial charge on any atom is 0.253 e. The highest BCUT2D eigenvalue weighted by Crippen LogP contribution is 2.20. The van der Waals surface area contributed by atoms with Crippen LogP contribution < -0.4 is 5.32 Å². The first kappa shape index (κ1) is 17.5. The van der Waals surface area contributed by atoms with Gasteiger partial charge in [-0.1, -0.05) is 13.8 Å². The van der Waals surface area contributed by atoms with E-state index in [4.69, 9.17) is 0 Å². The van der Waals surface area contributed by atoms with Crippen LogP contribution in [0.2, 0.25) is 0 Å². The lowest BCUT2D eigenvalue weighted by atomic mass is 10.0. The molecule has 0 bridgehead atoms. The number of aryl methyl sites for hydroxylation is 1. The predicted octanol–water partition coefficient (Wildman–Crippen LogP) is 2.58. The van der Waals surface area contributed by atoms with Gasteiger partial charge in [0.15, 0.2) is 0 Å². The van der Waals surface area contributed by atoms with Crippen molar-refractivity contribution < 1.29 is 14.7 Å². The van der Waals surface area contributed by atoms with Gasteiger partial charge in [-0.25, -0.2) is 0 Å². The summed E-state index contributed by atoms with van der Waals surface area (Å²) in [5.74, 6) is -0.117. The van der Waals surface area contributed by atoms with E-state index in [0.29, 0.717) is 11.3 Å². The first-order chi connectivity index (χ1) is 10.9. The van der Waals surface area contributed by atoms with Gasteiger partial charge in [-0.15, -0.1) is 0 Å². The van der Waals surface area contributed by atoms with Crippen molar-refractivity contribution in [1.29, 1.82) is 0 Å². The normalized spacial score (nSPS) is 15.8. The lowest BCUT2D eigenvalue weighted by Crippen LogP contribution is -2.27. The topological polar surface area (TPSA) is 69.6 Å². The molecule has 2 amide bonds. The minimum Gasteiger partial charge on any atom is -0.392 e. The van der Waals surface area contributed by atoms with Gasteiger partial charge in [0.1, 0.15) is 0 Å². The Morgan fingerprint density at radius 3 is 2.48 bits per heavy atom. The number of aliphatic hydroxyl groups is 1. The molecule has 1 aliphatic rings. The van der Waals surface area contributed by atoms with E-state index in [9.17, 15) is 14.7 Å². The zero-order valence-electron chi connectivity index (χ0n) is 14.1. The van der Waals surface area contributed by atoms with Crippen molar-refractivity contribution in [2.24, 2.45) is 5.92 Å². The van der Waals surface area contributed by atoms with Crippen molar-refractivity contribution in [3.05, 3.63) is 29.3 Å². The third-order valence-corrected chi connectivity index (χ3v) is 4.30. The second-order valence-electron chi connectivity index (χ2n) is 6.59. The van der Waals surface area contributed by atoms with Gasteiger partial charge in [-0.3, -0.25) is 9.59 Å². The average Bonchev–Trinajstić information content (AvgIpc) is 3.02. The van der Waals surface area contributed by atoms with Crippen LogP contribution >= 0.6 is 0 Å². The highest BCUT2D eigenvalue weighted by Gasteiger charge is 2.20. The summed E-state index contributed by atoms with van der Waals surface area (Å²) in [5.41, 5.74) is 2.19. The molecule has 1 aliphatic heterocycles. The van der Waals surface area contributed by atoms with Crippen LogP contribution in [-0.2, 0) is 4.79 Å². The molecule has 1 aromatic rings. The Labute approximate surface area is 137 Å². The molecule has 23 heavy (non-hydrogen) atoms. The number of carbonyl (C=O) groups is 2. The van der Waals surface area contributed by atoms with Crippen molar-refractivity contribution in [2.45, 2.75) is 46.1 Å². The summed E-state index contributed by atoms with van der Waals surface area (Å²) < 4.78 is 0. The second-order valence-corrected chi connectivity index (χ2v) is 6.59. The summed E-state index contributed by atoms with van der Waals surface area (Å²) in [6.45, 7) is 7.27. The third-order valence-electron chi connectivity index (χ3n) is 4.30. The first-order valence-corrected chi connectivity index (χ1v) is 8.26. The fourth-order valence-electron chi connectivity index (χ4n) is 2.67. The monoisotopic (exact) mass is 318 g/mol. The van der Waals surface area contributed by atoms with Crippen molar-refractivity contribution in [3.63, 3.8) is 0 Å². The van der Waals surface area contributed by atoms with Crippen molar-refractivity contribution in [2.75, 3.05) is 18.4 Å². The Kier molecular flexibility index (Phi) is 5.77. The number of nitrogens with zero attached hydrogens (tertiary/aromatic N) is 1. The van der Waals surface area contributed by atoms with Crippen molar-refractivity contribution >= 4 is 17.5 Å². The highest BCUT2D eigenvalue weighted by molar-refractivity contribution is 5.96. The molecule has 0 aromatic heterocycles. The smallest absolute Gasteiger partial charge is 0.253 e. The first-order valence-electron chi connectivity index (χ1n) is 8.26. The maximum atomic E-state index is 12.4. The van der Waals surface area contributed by atoms with Crippen LogP contribution in [-0.4, -0.2) is 41.0 Å².